The van der Waals surface area contributed by atoms with Crippen molar-refractivity contribution in [2.75, 3.05) is 20.1 Å². The second-order valence-corrected chi connectivity index (χ2v) is 4.99. The lowest BCUT2D eigenvalue weighted by molar-refractivity contribution is -0.137. The highest BCUT2D eigenvalue weighted by molar-refractivity contribution is 5.87. The Bertz CT molecular complexity index is 258. The van der Waals surface area contributed by atoms with E-state index in [0.29, 0.717) is 6.54 Å². The molecule has 1 unspecified atom stereocenters. The minimum atomic E-state index is -0.591. The fourth-order valence-electron chi connectivity index (χ4n) is 1.15. The summed E-state index contributed by atoms with van der Waals surface area (Å²) in [6.45, 7) is 8.14. The fraction of sp³-hybridized carbons (Fsp3) is 0.818. The van der Waals surface area contributed by atoms with Crippen LogP contribution in [0.15, 0.2) is 0 Å². The van der Waals surface area contributed by atoms with Crippen LogP contribution in [0.25, 0.3) is 0 Å². The number of hydrogen-bond acceptors (Lipinski definition) is 3. The van der Waals surface area contributed by atoms with Crippen LogP contribution in [0, 0.1) is 5.41 Å². The normalized spacial score (nSPS) is 13.1. The van der Waals surface area contributed by atoms with Gasteiger partial charge in [0.25, 0.3) is 0 Å². The first-order chi connectivity index (χ1) is 7.20. The van der Waals surface area contributed by atoms with E-state index < -0.39 is 6.04 Å². The van der Waals surface area contributed by atoms with E-state index in [2.05, 4.69) is 5.32 Å². The summed E-state index contributed by atoms with van der Waals surface area (Å²) in [7, 11) is 1.59. The quantitative estimate of drug-likeness (QED) is 0.710. The van der Waals surface area contributed by atoms with Gasteiger partial charge in [0.1, 0.15) is 0 Å². The van der Waals surface area contributed by atoms with Crippen LogP contribution in [0.5, 0.6) is 0 Å². The van der Waals surface area contributed by atoms with Crippen LogP contribution in [-0.4, -0.2) is 42.9 Å². The van der Waals surface area contributed by atoms with Crippen LogP contribution in [-0.2, 0) is 9.59 Å². The highest BCUT2D eigenvalue weighted by atomic mass is 16.2. The Morgan fingerprint density at radius 2 is 1.88 bits per heavy atom. The molecule has 0 heterocycles. The van der Waals surface area contributed by atoms with Gasteiger partial charge in [0, 0.05) is 13.6 Å². The maximum atomic E-state index is 11.9. The highest BCUT2D eigenvalue weighted by Gasteiger charge is 2.30. The van der Waals surface area contributed by atoms with Crippen LogP contribution in [0.2, 0.25) is 0 Å². The van der Waals surface area contributed by atoms with E-state index in [1.807, 2.05) is 27.7 Å². The monoisotopic (exact) mass is 229 g/mol. The summed E-state index contributed by atoms with van der Waals surface area (Å²) in [6.07, 6.45) is 0. The molecule has 0 aliphatic rings. The third kappa shape index (κ3) is 4.61. The molecule has 3 N–H and O–H groups in total. The van der Waals surface area contributed by atoms with Gasteiger partial charge < -0.3 is 16.0 Å². The molecule has 94 valence electrons. The Kier molecular flexibility index (Phi) is 5.44. The zero-order valence-corrected chi connectivity index (χ0v) is 10.8. The summed E-state index contributed by atoms with van der Waals surface area (Å²) in [5.74, 6) is -0.377. The molecule has 0 aromatic heterocycles. The second kappa shape index (κ2) is 5.84. The summed E-state index contributed by atoms with van der Waals surface area (Å²) in [6, 6.07) is -0.591. The van der Waals surface area contributed by atoms with Crippen molar-refractivity contribution in [3.05, 3.63) is 0 Å². The predicted molar refractivity (Wildman–Crippen MR) is 63.8 cm³/mol. The Balaban J connectivity index is 4.34. The van der Waals surface area contributed by atoms with E-state index in [0.717, 1.165) is 0 Å². The molecule has 0 spiro atoms. The van der Waals surface area contributed by atoms with Crippen LogP contribution in [0.1, 0.15) is 27.7 Å². The van der Waals surface area contributed by atoms with Crippen LogP contribution in [0.4, 0.5) is 0 Å². The Hall–Kier alpha value is -1.10. The van der Waals surface area contributed by atoms with Crippen LogP contribution in [0.3, 0.4) is 0 Å². The molecule has 2 amide bonds. The van der Waals surface area contributed by atoms with Crippen molar-refractivity contribution in [1.82, 2.24) is 10.2 Å². The molecule has 1 atom stereocenters. The van der Waals surface area contributed by atoms with E-state index in [4.69, 9.17) is 5.73 Å². The number of rotatable bonds is 4. The van der Waals surface area contributed by atoms with Crippen molar-refractivity contribution >= 4 is 11.8 Å². The molecule has 0 fully saturated rings. The van der Waals surface area contributed by atoms with Crippen molar-refractivity contribution in [2.24, 2.45) is 11.1 Å². The lowest BCUT2D eigenvalue weighted by Gasteiger charge is -2.29. The molecule has 0 bridgehead atoms. The van der Waals surface area contributed by atoms with Crippen molar-refractivity contribution in [1.29, 1.82) is 0 Å². The van der Waals surface area contributed by atoms with Crippen molar-refractivity contribution in [3.63, 3.8) is 0 Å². The standard InChI is InChI=1S/C11H23N3O2/c1-6-13-8(15)7-14(5)10(16)9(12)11(2,3)4/h9H,6-7,12H2,1-5H3,(H,13,15). The fourth-order valence-corrected chi connectivity index (χ4v) is 1.15. The lowest BCUT2D eigenvalue weighted by atomic mass is 9.86. The zero-order valence-electron chi connectivity index (χ0n) is 10.8. The zero-order chi connectivity index (χ0) is 12.9. The van der Waals surface area contributed by atoms with E-state index in [1.165, 1.54) is 4.90 Å². The molecule has 0 aliphatic carbocycles. The molecule has 0 aromatic carbocycles. The van der Waals surface area contributed by atoms with E-state index in [9.17, 15) is 9.59 Å². The molecule has 0 rings (SSSR count). The number of nitrogens with two attached hydrogens (primary N) is 1. The third-order valence-corrected chi connectivity index (χ3v) is 2.33. The maximum absolute atomic E-state index is 11.9. The molecular weight excluding hydrogens is 206 g/mol. The topological polar surface area (TPSA) is 75.4 Å². The van der Waals surface area contributed by atoms with Crippen molar-refractivity contribution in [3.8, 4) is 0 Å². The van der Waals surface area contributed by atoms with Gasteiger partial charge in [-0.25, -0.2) is 0 Å². The number of nitrogens with one attached hydrogen (secondary N) is 1. The van der Waals surface area contributed by atoms with Gasteiger partial charge in [0.15, 0.2) is 0 Å². The summed E-state index contributed by atoms with van der Waals surface area (Å²) in [5.41, 5.74) is 5.52. The van der Waals surface area contributed by atoms with Crippen LogP contribution >= 0.6 is 0 Å². The SMILES string of the molecule is CCNC(=O)CN(C)C(=O)C(N)C(C)(C)C. The van der Waals surface area contributed by atoms with Gasteiger partial charge in [-0.05, 0) is 12.3 Å². The molecule has 0 saturated carbocycles. The number of likely N-dealkylation sites (N-methyl/N-ethyl adjacent to an activating group) is 2. The number of hydrogen-bond donors (Lipinski definition) is 2. The van der Waals surface area contributed by atoms with Crippen LogP contribution < -0.4 is 11.1 Å². The second-order valence-electron chi connectivity index (χ2n) is 4.99. The first-order valence-corrected chi connectivity index (χ1v) is 5.47. The molecule has 0 saturated heterocycles. The Morgan fingerprint density at radius 3 is 2.25 bits per heavy atom. The van der Waals surface area contributed by atoms with Gasteiger partial charge in [-0.3, -0.25) is 9.59 Å². The molecule has 5 nitrogen and oxygen atoms in total. The van der Waals surface area contributed by atoms with Gasteiger partial charge in [-0.2, -0.15) is 0 Å². The van der Waals surface area contributed by atoms with Gasteiger partial charge in [0.2, 0.25) is 11.8 Å². The average molecular weight is 229 g/mol. The summed E-state index contributed by atoms with van der Waals surface area (Å²) >= 11 is 0. The molecular formula is C11H23N3O2. The molecule has 0 aromatic rings. The molecule has 0 aliphatic heterocycles. The molecule has 0 radical (unpaired) electrons. The summed E-state index contributed by atoms with van der Waals surface area (Å²) in [4.78, 5) is 24.5. The number of nitrogens with zero attached hydrogens (tertiary/aromatic N) is 1. The van der Waals surface area contributed by atoms with E-state index in [1.54, 1.807) is 7.05 Å². The predicted octanol–water partition coefficient (Wildman–Crippen LogP) is -0.0457. The van der Waals surface area contributed by atoms with Gasteiger partial charge in [-0.15, -0.1) is 0 Å². The first kappa shape index (κ1) is 14.9. The Morgan fingerprint density at radius 1 is 1.38 bits per heavy atom. The van der Waals surface area contributed by atoms with Crippen molar-refractivity contribution < 1.29 is 9.59 Å². The maximum Gasteiger partial charge on any atom is 0.240 e. The van der Waals surface area contributed by atoms with Gasteiger partial charge >= 0.3 is 0 Å². The Labute approximate surface area is 97.4 Å². The number of carbonyl (C=O) groups excluding carboxylic acids is 2. The number of carbonyl (C=O) groups is 2. The van der Waals surface area contributed by atoms with Gasteiger partial charge in [0.05, 0.1) is 12.6 Å². The number of amides is 2. The van der Waals surface area contributed by atoms with Crippen molar-refractivity contribution in [2.45, 2.75) is 33.7 Å². The average Bonchev–Trinajstić information content (AvgIpc) is 2.14. The first-order valence-electron chi connectivity index (χ1n) is 5.47. The van der Waals surface area contributed by atoms with E-state index in [-0.39, 0.29) is 23.8 Å². The lowest BCUT2D eigenvalue weighted by Crippen LogP contribution is -2.51. The smallest absolute Gasteiger partial charge is 0.240 e. The largest absolute Gasteiger partial charge is 0.355 e. The highest BCUT2D eigenvalue weighted by Crippen LogP contribution is 2.18. The van der Waals surface area contributed by atoms with Gasteiger partial charge in [-0.1, -0.05) is 20.8 Å². The third-order valence-electron chi connectivity index (χ3n) is 2.33. The summed E-state index contributed by atoms with van der Waals surface area (Å²) in [5, 5.41) is 2.64. The van der Waals surface area contributed by atoms with E-state index >= 15 is 0 Å². The minimum absolute atomic E-state index is 0.0520. The molecule has 5 heteroatoms. The summed E-state index contributed by atoms with van der Waals surface area (Å²) < 4.78 is 0. The molecule has 16 heavy (non-hydrogen) atoms. The minimum Gasteiger partial charge on any atom is -0.355 e.